The van der Waals surface area contributed by atoms with Crippen LogP contribution in [0.4, 0.5) is 5.69 Å². The zero-order valence-corrected chi connectivity index (χ0v) is 20.6. The molecular weight excluding hydrogens is 442 g/mol. The predicted molar refractivity (Wildman–Crippen MR) is 129 cm³/mol. The second-order valence-electron chi connectivity index (χ2n) is 8.75. The van der Waals surface area contributed by atoms with E-state index in [0.717, 1.165) is 18.5 Å². The number of piperazine rings is 1. The molecule has 9 heteroatoms. The van der Waals surface area contributed by atoms with Crippen LogP contribution in [0, 0.1) is 6.92 Å². The number of hydrogen-bond donors (Lipinski definition) is 1. The van der Waals surface area contributed by atoms with Gasteiger partial charge in [-0.3, -0.25) is 19.1 Å². The molecule has 1 aliphatic heterocycles. The van der Waals surface area contributed by atoms with Gasteiger partial charge in [-0.15, -0.1) is 0 Å². The number of amides is 3. The summed E-state index contributed by atoms with van der Waals surface area (Å²) in [5.74, 6) is -0.419. The van der Waals surface area contributed by atoms with Gasteiger partial charge in [-0.2, -0.15) is 5.10 Å². The molecule has 3 amide bonds. The topological polar surface area (TPSA) is 87.5 Å². The Morgan fingerprint density at radius 3 is 2.48 bits per heavy atom. The van der Waals surface area contributed by atoms with E-state index < -0.39 is 0 Å². The minimum Gasteiger partial charge on any atom is -0.335 e. The van der Waals surface area contributed by atoms with Gasteiger partial charge in [-0.05, 0) is 45.4 Å². The second kappa shape index (κ2) is 10.4. The van der Waals surface area contributed by atoms with Crippen LogP contribution in [-0.4, -0.2) is 63.0 Å². The molecule has 178 valence electrons. The van der Waals surface area contributed by atoms with Crippen LogP contribution in [0.25, 0.3) is 0 Å². The minimum atomic E-state index is -0.205. The van der Waals surface area contributed by atoms with Crippen LogP contribution in [0.1, 0.15) is 73.0 Å². The molecule has 3 rings (SSSR count). The standard InChI is InChI=1S/C24H32ClN5O3/c1-6-7-19-14-28(23(32)21-13-26-30(15(2)3)16(21)4)10-11-29(19)24(33)20-9-8-18(12-22(20)25)27-17(5)31/h8-9,12-13,15,19H,6-7,10-11,14H2,1-5H3,(H,27,31). The van der Waals surface area contributed by atoms with Crippen molar-refractivity contribution in [3.05, 3.63) is 46.2 Å². The molecule has 1 aromatic heterocycles. The SMILES string of the molecule is CCCC1CN(C(=O)c2cnn(C(C)C)c2C)CCN1C(=O)c1ccc(NC(C)=O)cc1Cl. The highest BCUT2D eigenvalue weighted by atomic mass is 35.5. The number of carbonyl (C=O) groups excluding carboxylic acids is 3. The number of anilines is 1. The fourth-order valence-electron chi connectivity index (χ4n) is 4.34. The normalized spacial score (nSPS) is 16.3. The van der Waals surface area contributed by atoms with E-state index in [1.807, 2.05) is 35.3 Å². The third kappa shape index (κ3) is 5.38. The van der Waals surface area contributed by atoms with Crippen molar-refractivity contribution in [2.45, 2.75) is 59.5 Å². The highest BCUT2D eigenvalue weighted by Gasteiger charge is 2.34. The molecule has 1 atom stereocenters. The van der Waals surface area contributed by atoms with Crippen molar-refractivity contribution >= 4 is 35.0 Å². The van der Waals surface area contributed by atoms with E-state index >= 15 is 0 Å². The van der Waals surface area contributed by atoms with Gasteiger partial charge in [-0.1, -0.05) is 24.9 Å². The molecular formula is C24H32ClN5O3. The molecule has 2 heterocycles. The summed E-state index contributed by atoms with van der Waals surface area (Å²) in [7, 11) is 0. The Hall–Kier alpha value is -2.87. The smallest absolute Gasteiger partial charge is 0.257 e. The molecule has 1 N–H and O–H groups in total. The monoisotopic (exact) mass is 473 g/mol. The van der Waals surface area contributed by atoms with Crippen molar-refractivity contribution in [1.82, 2.24) is 19.6 Å². The number of nitrogens with zero attached hydrogens (tertiary/aromatic N) is 4. The molecule has 1 fully saturated rings. The maximum absolute atomic E-state index is 13.4. The summed E-state index contributed by atoms with van der Waals surface area (Å²) in [6.07, 6.45) is 3.30. The molecule has 0 bridgehead atoms. The molecule has 0 aliphatic carbocycles. The van der Waals surface area contributed by atoms with E-state index in [0.29, 0.717) is 36.4 Å². The van der Waals surface area contributed by atoms with Crippen LogP contribution in [0.3, 0.4) is 0 Å². The first-order valence-corrected chi connectivity index (χ1v) is 11.7. The van der Waals surface area contributed by atoms with Crippen molar-refractivity contribution in [1.29, 1.82) is 0 Å². The first-order valence-electron chi connectivity index (χ1n) is 11.4. The first-order chi connectivity index (χ1) is 15.6. The summed E-state index contributed by atoms with van der Waals surface area (Å²) in [5.41, 5.74) is 2.39. The molecule has 2 aromatic rings. The fourth-order valence-corrected chi connectivity index (χ4v) is 4.60. The molecule has 0 radical (unpaired) electrons. The Kier molecular flexibility index (Phi) is 7.79. The Morgan fingerprint density at radius 1 is 1.18 bits per heavy atom. The molecule has 1 aliphatic rings. The number of halogens is 1. The molecule has 8 nitrogen and oxygen atoms in total. The van der Waals surface area contributed by atoms with Gasteiger partial charge in [0.2, 0.25) is 5.91 Å². The van der Waals surface area contributed by atoms with Crippen molar-refractivity contribution in [3.63, 3.8) is 0 Å². The Morgan fingerprint density at radius 2 is 1.91 bits per heavy atom. The van der Waals surface area contributed by atoms with Crippen LogP contribution in [0.2, 0.25) is 5.02 Å². The van der Waals surface area contributed by atoms with E-state index in [1.165, 1.54) is 6.92 Å². The first kappa shape index (κ1) is 24.8. The third-order valence-electron chi connectivity index (χ3n) is 5.94. The summed E-state index contributed by atoms with van der Waals surface area (Å²) in [6, 6.07) is 4.96. The van der Waals surface area contributed by atoms with Crippen LogP contribution in [0.5, 0.6) is 0 Å². The fraction of sp³-hybridized carbons (Fsp3) is 0.500. The quantitative estimate of drug-likeness (QED) is 0.682. The molecule has 1 aromatic carbocycles. The number of benzene rings is 1. The maximum Gasteiger partial charge on any atom is 0.257 e. The van der Waals surface area contributed by atoms with Crippen LogP contribution >= 0.6 is 11.6 Å². The summed E-state index contributed by atoms with van der Waals surface area (Å²) < 4.78 is 1.85. The molecule has 1 unspecified atom stereocenters. The van der Waals surface area contributed by atoms with Crippen LogP contribution < -0.4 is 5.32 Å². The van der Waals surface area contributed by atoms with Gasteiger partial charge in [0.15, 0.2) is 0 Å². The minimum absolute atomic E-state index is 0.0507. The number of nitrogens with one attached hydrogen (secondary N) is 1. The zero-order valence-electron chi connectivity index (χ0n) is 19.9. The van der Waals surface area contributed by atoms with Crippen LogP contribution in [0.15, 0.2) is 24.4 Å². The van der Waals surface area contributed by atoms with Gasteiger partial charge < -0.3 is 15.1 Å². The zero-order chi connectivity index (χ0) is 24.3. The van der Waals surface area contributed by atoms with E-state index in [2.05, 4.69) is 17.3 Å². The van der Waals surface area contributed by atoms with E-state index in [4.69, 9.17) is 11.6 Å². The number of carbonyl (C=O) groups is 3. The average Bonchev–Trinajstić information content (AvgIpc) is 3.14. The maximum atomic E-state index is 13.4. The van der Waals surface area contributed by atoms with Crippen molar-refractivity contribution < 1.29 is 14.4 Å². The lowest BCUT2D eigenvalue weighted by atomic mass is 10.0. The highest BCUT2D eigenvalue weighted by Crippen LogP contribution is 2.26. The van der Waals surface area contributed by atoms with Crippen molar-refractivity contribution in [2.24, 2.45) is 0 Å². The van der Waals surface area contributed by atoms with Gasteiger partial charge in [0.05, 0.1) is 22.3 Å². The van der Waals surface area contributed by atoms with Crippen molar-refractivity contribution in [2.75, 3.05) is 25.0 Å². The lowest BCUT2D eigenvalue weighted by Gasteiger charge is -2.41. The number of hydrogen-bond acceptors (Lipinski definition) is 4. The molecule has 0 spiro atoms. The van der Waals surface area contributed by atoms with Crippen molar-refractivity contribution in [3.8, 4) is 0 Å². The van der Waals surface area contributed by atoms with Gasteiger partial charge >= 0.3 is 0 Å². The lowest BCUT2D eigenvalue weighted by Crippen LogP contribution is -2.56. The summed E-state index contributed by atoms with van der Waals surface area (Å²) >= 11 is 6.38. The second-order valence-corrected chi connectivity index (χ2v) is 9.16. The molecule has 1 saturated heterocycles. The number of aromatic nitrogens is 2. The summed E-state index contributed by atoms with van der Waals surface area (Å²) in [5, 5.41) is 7.32. The largest absolute Gasteiger partial charge is 0.335 e. The number of rotatable bonds is 6. The van der Waals surface area contributed by atoms with Gasteiger partial charge in [0, 0.05) is 50.0 Å². The Balaban J connectivity index is 1.78. The molecule has 33 heavy (non-hydrogen) atoms. The van der Waals surface area contributed by atoms with E-state index in [1.54, 1.807) is 24.4 Å². The predicted octanol–water partition coefficient (Wildman–Crippen LogP) is 4.15. The van der Waals surface area contributed by atoms with E-state index in [-0.39, 0.29) is 34.8 Å². The highest BCUT2D eigenvalue weighted by molar-refractivity contribution is 6.34. The van der Waals surface area contributed by atoms with Crippen LogP contribution in [-0.2, 0) is 4.79 Å². The van der Waals surface area contributed by atoms with Gasteiger partial charge in [0.25, 0.3) is 11.8 Å². The van der Waals surface area contributed by atoms with E-state index in [9.17, 15) is 14.4 Å². The summed E-state index contributed by atoms with van der Waals surface area (Å²) in [4.78, 5) is 41.5. The molecule has 0 saturated carbocycles. The Bertz CT molecular complexity index is 1050. The van der Waals surface area contributed by atoms with Gasteiger partial charge in [0.1, 0.15) is 0 Å². The third-order valence-corrected chi connectivity index (χ3v) is 6.25. The van der Waals surface area contributed by atoms with Gasteiger partial charge in [-0.25, -0.2) is 0 Å². The summed E-state index contributed by atoms with van der Waals surface area (Å²) in [6.45, 7) is 10.8. The lowest BCUT2D eigenvalue weighted by molar-refractivity contribution is -0.114. The Labute approximate surface area is 199 Å². The average molecular weight is 474 g/mol.